The second-order valence-electron chi connectivity index (χ2n) is 4.09. The molecule has 0 aliphatic carbocycles. The molecule has 86 valence electrons. The van der Waals surface area contributed by atoms with Crippen LogP contribution in [0.5, 0.6) is 0 Å². The van der Waals surface area contributed by atoms with Crippen LogP contribution in [0.4, 0.5) is 0 Å². The predicted octanol–water partition coefficient (Wildman–Crippen LogP) is -1.76. The summed E-state index contributed by atoms with van der Waals surface area (Å²) in [6.45, 7) is 0.889. The van der Waals surface area contributed by atoms with Gasteiger partial charge in [-0.25, -0.2) is 0 Å². The quantitative estimate of drug-likeness (QED) is 0.336. The van der Waals surface area contributed by atoms with Crippen molar-refractivity contribution in [3.63, 3.8) is 0 Å². The van der Waals surface area contributed by atoms with Crippen molar-refractivity contribution in [2.75, 3.05) is 13.1 Å². The molecule has 0 bridgehead atoms. The molecule has 1 rings (SSSR count). The van der Waals surface area contributed by atoms with Crippen molar-refractivity contribution >= 4 is 13.1 Å². The summed E-state index contributed by atoms with van der Waals surface area (Å²) < 4.78 is 0. The van der Waals surface area contributed by atoms with Gasteiger partial charge in [0.1, 0.15) is 6.04 Å². The molecular formula is C8H17BN2O4. The number of nitrogens with one attached hydrogen (secondary N) is 1. The molecule has 0 aromatic rings. The molecule has 1 fully saturated rings. The topological polar surface area (TPSA) is 116 Å². The Kier molecular flexibility index (Phi) is 4.09. The van der Waals surface area contributed by atoms with Gasteiger partial charge in [0.2, 0.25) is 0 Å². The molecule has 1 aliphatic heterocycles. The van der Waals surface area contributed by atoms with Gasteiger partial charge in [-0.15, -0.1) is 0 Å². The first-order chi connectivity index (χ1) is 7.02. The number of hydrogen-bond donors (Lipinski definition) is 5. The zero-order valence-corrected chi connectivity index (χ0v) is 8.52. The summed E-state index contributed by atoms with van der Waals surface area (Å²) in [7, 11) is -1.32. The Hall–Kier alpha value is -0.625. The van der Waals surface area contributed by atoms with E-state index in [0.29, 0.717) is 25.9 Å². The molecule has 1 heterocycles. The average molecular weight is 216 g/mol. The number of carboxylic acid groups (broad SMARTS) is 1. The number of rotatable bonds is 6. The molecule has 2 atom stereocenters. The van der Waals surface area contributed by atoms with E-state index in [1.54, 1.807) is 0 Å². The molecule has 7 heteroatoms. The second-order valence-corrected chi connectivity index (χ2v) is 4.09. The van der Waals surface area contributed by atoms with Crippen molar-refractivity contribution < 1.29 is 19.9 Å². The van der Waals surface area contributed by atoms with Gasteiger partial charge in [-0.3, -0.25) is 4.79 Å². The van der Waals surface area contributed by atoms with Crippen molar-refractivity contribution in [1.29, 1.82) is 0 Å². The van der Waals surface area contributed by atoms with E-state index in [1.165, 1.54) is 0 Å². The second kappa shape index (κ2) is 4.93. The van der Waals surface area contributed by atoms with Gasteiger partial charge in [-0.1, -0.05) is 6.42 Å². The molecule has 1 saturated heterocycles. The third kappa shape index (κ3) is 2.69. The van der Waals surface area contributed by atoms with E-state index in [4.69, 9.17) is 20.9 Å². The standard InChI is InChI=1S/C8H17BN2O4/c10-4-8(2-1-3-9(14)15)5-11-6(8)7(12)13/h6,11,14-15H,1-5,10H2,(H,12,13)/t6-,8+/m1/s1. The average Bonchev–Trinajstić information content (AvgIpc) is 2.09. The maximum atomic E-state index is 10.8. The molecule has 1 aliphatic rings. The largest absolute Gasteiger partial charge is 0.480 e. The van der Waals surface area contributed by atoms with Crippen LogP contribution in [-0.2, 0) is 4.79 Å². The zero-order chi connectivity index (χ0) is 11.5. The fourth-order valence-corrected chi connectivity index (χ4v) is 2.00. The van der Waals surface area contributed by atoms with Crippen LogP contribution in [0.3, 0.4) is 0 Å². The van der Waals surface area contributed by atoms with E-state index in [1.807, 2.05) is 0 Å². The molecule has 15 heavy (non-hydrogen) atoms. The van der Waals surface area contributed by atoms with E-state index in [9.17, 15) is 4.79 Å². The van der Waals surface area contributed by atoms with Gasteiger partial charge in [-0.05, 0) is 12.7 Å². The highest BCUT2D eigenvalue weighted by Crippen LogP contribution is 2.34. The Labute approximate surface area is 88.6 Å². The van der Waals surface area contributed by atoms with Gasteiger partial charge in [-0.2, -0.15) is 0 Å². The molecule has 0 radical (unpaired) electrons. The maximum Gasteiger partial charge on any atom is 0.451 e. The van der Waals surface area contributed by atoms with Crippen LogP contribution in [0.25, 0.3) is 0 Å². The summed E-state index contributed by atoms with van der Waals surface area (Å²) >= 11 is 0. The molecule has 0 spiro atoms. The fraction of sp³-hybridized carbons (Fsp3) is 0.875. The van der Waals surface area contributed by atoms with Gasteiger partial charge < -0.3 is 26.2 Å². The summed E-state index contributed by atoms with van der Waals surface area (Å²) in [5.74, 6) is -0.892. The lowest BCUT2D eigenvalue weighted by Crippen LogP contribution is -2.68. The van der Waals surface area contributed by atoms with Crippen LogP contribution in [0.1, 0.15) is 12.8 Å². The normalized spacial score (nSPS) is 29.7. The van der Waals surface area contributed by atoms with Crippen molar-refractivity contribution in [2.24, 2.45) is 11.1 Å². The minimum atomic E-state index is -1.32. The minimum absolute atomic E-state index is 0.258. The first-order valence-corrected chi connectivity index (χ1v) is 5.04. The highest BCUT2D eigenvalue weighted by molar-refractivity contribution is 6.40. The molecule has 0 aromatic heterocycles. The Morgan fingerprint density at radius 1 is 1.60 bits per heavy atom. The highest BCUT2D eigenvalue weighted by Gasteiger charge is 2.49. The lowest BCUT2D eigenvalue weighted by atomic mass is 9.68. The third-order valence-electron chi connectivity index (χ3n) is 3.06. The van der Waals surface area contributed by atoms with Gasteiger partial charge in [0.15, 0.2) is 0 Å². The first-order valence-electron chi connectivity index (χ1n) is 5.04. The lowest BCUT2D eigenvalue weighted by Gasteiger charge is -2.47. The predicted molar refractivity (Wildman–Crippen MR) is 55.1 cm³/mol. The number of aliphatic carboxylic acids is 1. The number of hydrogen-bond acceptors (Lipinski definition) is 5. The number of carbonyl (C=O) groups is 1. The first kappa shape index (κ1) is 12.4. The van der Waals surface area contributed by atoms with Crippen LogP contribution in [0, 0.1) is 5.41 Å². The van der Waals surface area contributed by atoms with Crippen LogP contribution in [0.15, 0.2) is 0 Å². The van der Waals surface area contributed by atoms with Crippen molar-refractivity contribution in [1.82, 2.24) is 5.32 Å². The van der Waals surface area contributed by atoms with Crippen LogP contribution in [0.2, 0.25) is 6.32 Å². The van der Waals surface area contributed by atoms with E-state index in [-0.39, 0.29) is 6.32 Å². The summed E-state index contributed by atoms with van der Waals surface area (Å²) in [5.41, 5.74) is 5.17. The SMILES string of the molecule is NC[C@@]1(CCCB(O)O)CN[C@@H]1C(=O)O. The molecule has 0 unspecified atom stereocenters. The van der Waals surface area contributed by atoms with E-state index < -0.39 is 24.5 Å². The Morgan fingerprint density at radius 2 is 2.27 bits per heavy atom. The van der Waals surface area contributed by atoms with E-state index >= 15 is 0 Å². The molecule has 6 nitrogen and oxygen atoms in total. The number of carboxylic acids is 1. The summed E-state index contributed by atoms with van der Waals surface area (Å²) in [6, 6.07) is -0.599. The molecule has 0 amide bonds. The minimum Gasteiger partial charge on any atom is -0.480 e. The zero-order valence-electron chi connectivity index (χ0n) is 8.52. The monoisotopic (exact) mass is 216 g/mol. The van der Waals surface area contributed by atoms with Crippen LogP contribution < -0.4 is 11.1 Å². The van der Waals surface area contributed by atoms with Crippen LogP contribution >= 0.6 is 0 Å². The Balaban J connectivity index is 2.44. The van der Waals surface area contributed by atoms with Gasteiger partial charge in [0.25, 0.3) is 0 Å². The summed E-state index contributed by atoms with van der Waals surface area (Å²) in [5, 5.41) is 29.1. The molecule has 6 N–H and O–H groups in total. The van der Waals surface area contributed by atoms with E-state index in [2.05, 4.69) is 5.32 Å². The Bertz CT molecular complexity index is 235. The summed E-state index contributed by atoms with van der Waals surface area (Å²) in [6.07, 6.45) is 1.43. The third-order valence-corrected chi connectivity index (χ3v) is 3.06. The lowest BCUT2D eigenvalue weighted by molar-refractivity contribution is -0.148. The molecule has 0 aromatic carbocycles. The number of nitrogens with two attached hydrogens (primary N) is 1. The van der Waals surface area contributed by atoms with Gasteiger partial charge >= 0.3 is 13.1 Å². The maximum absolute atomic E-state index is 10.8. The van der Waals surface area contributed by atoms with Crippen LogP contribution in [-0.4, -0.2) is 47.4 Å². The summed E-state index contributed by atoms with van der Waals surface area (Å²) in [4.78, 5) is 10.8. The molecular weight excluding hydrogens is 199 g/mol. The molecule has 0 saturated carbocycles. The van der Waals surface area contributed by atoms with Crippen molar-refractivity contribution in [3.8, 4) is 0 Å². The highest BCUT2D eigenvalue weighted by atomic mass is 16.4. The fourth-order valence-electron chi connectivity index (χ4n) is 2.00. The van der Waals surface area contributed by atoms with Gasteiger partial charge in [0.05, 0.1) is 0 Å². The van der Waals surface area contributed by atoms with Gasteiger partial charge in [0, 0.05) is 18.5 Å². The van der Waals surface area contributed by atoms with Crippen molar-refractivity contribution in [3.05, 3.63) is 0 Å². The smallest absolute Gasteiger partial charge is 0.451 e. The van der Waals surface area contributed by atoms with E-state index in [0.717, 1.165) is 0 Å². The van der Waals surface area contributed by atoms with Crippen molar-refractivity contribution in [2.45, 2.75) is 25.2 Å². The Morgan fingerprint density at radius 3 is 2.60 bits per heavy atom.